The molecular weight excluding hydrogens is 290 g/mol. The Morgan fingerprint density at radius 3 is 3.05 bits per heavy atom. The van der Waals surface area contributed by atoms with Gasteiger partial charge in [0.1, 0.15) is 10.7 Å². The highest BCUT2D eigenvalue weighted by Gasteiger charge is 2.36. The van der Waals surface area contributed by atoms with Crippen molar-refractivity contribution in [2.75, 3.05) is 25.0 Å². The van der Waals surface area contributed by atoms with Crippen molar-refractivity contribution in [2.45, 2.75) is 43.5 Å². The molecule has 0 bridgehead atoms. The molecule has 0 saturated carbocycles. The van der Waals surface area contributed by atoms with Crippen molar-refractivity contribution in [3.8, 4) is 0 Å². The van der Waals surface area contributed by atoms with Crippen molar-refractivity contribution in [2.24, 2.45) is 0 Å². The number of nitrogens with one attached hydrogen (secondary N) is 1. The lowest BCUT2D eigenvalue weighted by Gasteiger charge is -2.24. The summed E-state index contributed by atoms with van der Waals surface area (Å²) in [6, 6.07) is 3.23. The lowest BCUT2D eigenvalue weighted by Crippen LogP contribution is -2.36. The summed E-state index contributed by atoms with van der Waals surface area (Å²) in [5.41, 5.74) is 0. The lowest BCUT2D eigenvalue weighted by molar-refractivity contribution is 0.264. The Labute approximate surface area is 126 Å². The smallest absolute Gasteiger partial charge is 0.246 e. The number of pyridine rings is 1. The van der Waals surface area contributed by atoms with E-state index in [-0.39, 0.29) is 17.5 Å². The first-order chi connectivity index (χ1) is 10.1. The summed E-state index contributed by atoms with van der Waals surface area (Å²) in [5, 5.41) is 12.0. The van der Waals surface area contributed by atoms with Crippen molar-refractivity contribution >= 4 is 15.8 Å². The molecule has 6 nitrogen and oxygen atoms in total. The summed E-state index contributed by atoms with van der Waals surface area (Å²) in [7, 11) is -3.54. The zero-order valence-electron chi connectivity index (χ0n) is 12.3. The van der Waals surface area contributed by atoms with E-state index in [4.69, 9.17) is 5.11 Å². The SMILES string of the molecule is CCNc1ncccc1S(=O)(=O)N1CCCC1CCCO. The van der Waals surface area contributed by atoms with Gasteiger partial charge in [-0.05, 0) is 44.7 Å². The Kier molecular flexibility index (Phi) is 5.55. The molecule has 0 radical (unpaired) electrons. The molecule has 1 aliphatic rings. The van der Waals surface area contributed by atoms with E-state index >= 15 is 0 Å². The number of aliphatic hydroxyl groups excluding tert-OH is 1. The number of hydrogen-bond acceptors (Lipinski definition) is 5. The van der Waals surface area contributed by atoms with Crippen LogP contribution in [0.4, 0.5) is 5.82 Å². The zero-order chi connectivity index (χ0) is 15.3. The van der Waals surface area contributed by atoms with Gasteiger partial charge in [-0.15, -0.1) is 0 Å². The first-order valence-electron chi connectivity index (χ1n) is 7.42. The third kappa shape index (κ3) is 3.53. The van der Waals surface area contributed by atoms with E-state index < -0.39 is 10.0 Å². The van der Waals surface area contributed by atoms with Crippen molar-refractivity contribution in [3.63, 3.8) is 0 Å². The predicted molar refractivity (Wildman–Crippen MR) is 81.6 cm³/mol. The predicted octanol–water partition coefficient (Wildman–Crippen LogP) is 1.44. The molecule has 2 N–H and O–H groups in total. The Balaban J connectivity index is 2.29. The Hall–Kier alpha value is -1.18. The second-order valence-corrected chi connectivity index (χ2v) is 7.02. The first-order valence-corrected chi connectivity index (χ1v) is 8.87. The fraction of sp³-hybridized carbons (Fsp3) is 0.643. The van der Waals surface area contributed by atoms with Crippen molar-refractivity contribution < 1.29 is 13.5 Å². The highest BCUT2D eigenvalue weighted by atomic mass is 32.2. The van der Waals surface area contributed by atoms with Gasteiger partial charge < -0.3 is 10.4 Å². The molecule has 1 fully saturated rings. The standard InChI is InChI=1S/C14H23N3O3S/c1-2-15-14-13(8-3-9-16-14)21(19,20)17-10-4-6-12(17)7-5-11-18/h3,8-9,12,18H,2,4-7,10-11H2,1H3,(H,15,16). The third-order valence-electron chi connectivity index (χ3n) is 3.72. The van der Waals surface area contributed by atoms with Crippen LogP contribution in [0.15, 0.2) is 23.2 Å². The maximum Gasteiger partial charge on any atom is 0.246 e. The summed E-state index contributed by atoms with van der Waals surface area (Å²) in [4.78, 5) is 4.38. The van der Waals surface area contributed by atoms with Crippen LogP contribution in [-0.2, 0) is 10.0 Å². The van der Waals surface area contributed by atoms with Crippen LogP contribution in [-0.4, -0.2) is 48.6 Å². The second-order valence-electron chi connectivity index (χ2n) is 5.16. The van der Waals surface area contributed by atoms with E-state index in [1.165, 1.54) is 0 Å². The Bertz CT molecular complexity index is 562. The molecule has 1 unspecified atom stereocenters. The molecule has 7 heteroatoms. The van der Waals surface area contributed by atoms with Gasteiger partial charge in [-0.3, -0.25) is 0 Å². The number of aromatic nitrogens is 1. The molecular formula is C14H23N3O3S. The fourth-order valence-electron chi connectivity index (χ4n) is 2.77. The van der Waals surface area contributed by atoms with E-state index in [2.05, 4.69) is 10.3 Å². The van der Waals surface area contributed by atoms with Crippen molar-refractivity contribution in [1.82, 2.24) is 9.29 Å². The lowest BCUT2D eigenvalue weighted by atomic mass is 10.1. The maximum atomic E-state index is 12.9. The van der Waals surface area contributed by atoms with Crippen molar-refractivity contribution in [3.05, 3.63) is 18.3 Å². The monoisotopic (exact) mass is 313 g/mol. The fourth-order valence-corrected chi connectivity index (χ4v) is 4.61. The van der Waals surface area contributed by atoms with Gasteiger partial charge in [0.25, 0.3) is 0 Å². The quantitative estimate of drug-likeness (QED) is 0.796. The van der Waals surface area contributed by atoms with Crippen LogP contribution in [0.25, 0.3) is 0 Å². The molecule has 1 aromatic rings. The number of sulfonamides is 1. The topological polar surface area (TPSA) is 82.5 Å². The van der Waals surface area contributed by atoms with Gasteiger partial charge in [0.05, 0.1) is 0 Å². The number of nitrogens with zero attached hydrogens (tertiary/aromatic N) is 2. The van der Waals surface area contributed by atoms with E-state index in [0.29, 0.717) is 31.7 Å². The van der Waals surface area contributed by atoms with Crippen LogP contribution in [0.5, 0.6) is 0 Å². The second kappa shape index (κ2) is 7.20. The third-order valence-corrected chi connectivity index (χ3v) is 5.70. The van der Waals surface area contributed by atoms with Gasteiger partial charge in [-0.1, -0.05) is 0 Å². The normalized spacial score (nSPS) is 19.8. The van der Waals surface area contributed by atoms with Crippen LogP contribution in [0.3, 0.4) is 0 Å². The molecule has 0 spiro atoms. The van der Waals surface area contributed by atoms with Gasteiger partial charge in [-0.2, -0.15) is 4.31 Å². The molecule has 1 saturated heterocycles. The first kappa shape index (κ1) is 16.2. The Morgan fingerprint density at radius 1 is 1.52 bits per heavy atom. The number of aliphatic hydroxyl groups is 1. The molecule has 1 aliphatic heterocycles. The molecule has 118 valence electrons. The summed E-state index contributed by atoms with van der Waals surface area (Å²) in [6.45, 7) is 3.16. The summed E-state index contributed by atoms with van der Waals surface area (Å²) in [6.07, 6.45) is 4.64. The molecule has 0 aromatic carbocycles. The highest BCUT2D eigenvalue weighted by Crippen LogP contribution is 2.30. The van der Waals surface area contributed by atoms with E-state index in [1.54, 1.807) is 22.6 Å². The summed E-state index contributed by atoms with van der Waals surface area (Å²) >= 11 is 0. The van der Waals surface area contributed by atoms with E-state index in [1.807, 2.05) is 6.92 Å². The van der Waals surface area contributed by atoms with Crippen molar-refractivity contribution in [1.29, 1.82) is 0 Å². The minimum Gasteiger partial charge on any atom is -0.396 e. The summed E-state index contributed by atoms with van der Waals surface area (Å²) < 4.78 is 27.3. The summed E-state index contributed by atoms with van der Waals surface area (Å²) in [5.74, 6) is 0.410. The molecule has 0 amide bonds. The van der Waals surface area contributed by atoms with Crippen LogP contribution in [0.2, 0.25) is 0 Å². The Morgan fingerprint density at radius 2 is 2.33 bits per heavy atom. The van der Waals surface area contributed by atoms with Gasteiger partial charge in [0.2, 0.25) is 10.0 Å². The molecule has 2 rings (SSSR count). The molecule has 0 aliphatic carbocycles. The molecule has 21 heavy (non-hydrogen) atoms. The number of anilines is 1. The maximum absolute atomic E-state index is 12.9. The molecule has 1 atom stereocenters. The van der Waals surface area contributed by atoms with Gasteiger partial charge in [0.15, 0.2) is 0 Å². The highest BCUT2D eigenvalue weighted by molar-refractivity contribution is 7.89. The van der Waals surface area contributed by atoms with E-state index in [9.17, 15) is 8.42 Å². The van der Waals surface area contributed by atoms with E-state index in [0.717, 1.165) is 12.8 Å². The largest absolute Gasteiger partial charge is 0.396 e. The molecule has 1 aromatic heterocycles. The van der Waals surface area contributed by atoms with Crippen LogP contribution in [0.1, 0.15) is 32.6 Å². The number of hydrogen-bond donors (Lipinski definition) is 2. The van der Waals surface area contributed by atoms with Crippen LogP contribution < -0.4 is 5.32 Å². The minimum atomic E-state index is -3.54. The van der Waals surface area contributed by atoms with Gasteiger partial charge in [-0.25, -0.2) is 13.4 Å². The van der Waals surface area contributed by atoms with Gasteiger partial charge in [0, 0.05) is 31.9 Å². The average molecular weight is 313 g/mol. The molecule has 2 heterocycles. The van der Waals surface area contributed by atoms with Crippen LogP contribution in [0, 0.1) is 0 Å². The zero-order valence-corrected chi connectivity index (χ0v) is 13.1. The number of rotatable bonds is 7. The average Bonchev–Trinajstić information content (AvgIpc) is 2.95. The van der Waals surface area contributed by atoms with Gasteiger partial charge >= 0.3 is 0 Å². The minimum absolute atomic E-state index is 0.0168. The van der Waals surface area contributed by atoms with Crippen LogP contribution >= 0.6 is 0 Å².